The second kappa shape index (κ2) is 18.0. The molecule has 0 aliphatic carbocycles. The topological polar surface area (TPSA) is 123 Å². The molecule has 0 aliphatic heterocycles. The molecule has 390 valence electrons. The summed E-state index contributed by atoms with van der Waals surface area (Å²) < 4.78 is 46.4. The molecule has 0 unspecified atom stereocenters. The highest BCUT2D eigenvalue weighted by atomic mass is 32.1. The zero-order valence-corrected chi connectivity index (χ0v) is 45.5. The van der Waals surface area contributed by atoms with Crippen LogP contribution in [0, 0.1) is 22.7 Å². The van der Waals surface area contributed by atoms with Crippen LogP contribution in [0.4, 0.5) is 0 Å². The fourth-order valence-corrected chi connectivity index (χ4v) is 13.9. The lowest BCUT2D eigenvalue weighted by Crippen LogP contribution is -2.16. The van der Waals surface area contributed by atoms with Gasteiger partial charge in [0.2, 0.25) is 0 Å². The van der Waals surface area contributed by atoms with Gasteiger partial charge in [0.15, 0.2) is 0 Å². The van der Waals surface area contributed by atoms with E-state index in [0.29, 0.717) is 68.4 Å². The van der Waals surface area contributed by atoms with Crippen LogP contribution in [0.15, 0.2) is 170 Å². The number of hydrogen-bond acceptors (Lipinski definition) is 9. The van der Waals surface area contributed by atoms with Gasteiger partial charge in [-0.3, -0.25) is 0 Å². The fourth-order valence-electron chi connectivity index (χ4n) is 12.7. The number of methoxy groups -OCH3 is 6. The molecule has 13 heteroatoms. The standard InChI is InChI=1S/C68H46N6O6S/c1-75-37-15-23-56-47(29-37)48-30-38(76-2)16-24-57(48)71(56)63-53(35-69)65(73-60-27-19-41(79-5)33-51(60)52-34-42(80-6)20-28-61(52)73)66(54(36-70)64(63)72-58-25-17-39(77-3)31-49(58)50-32-40(78-4)18-26-59(50)72)74-55-13-9-7-11-43(55)45-21-22-46-44-12-8-10-14-62(44)81-68(46)67(45)74/h7-34H,1-6H3. The lowest BCUT2D eigenvalue weighted by Gasteiger charge is -2.27. The molecule has 15 rings (SSSR count). The first-order valence-corrected chi connectivity index (χ1v) is 27.0. The molecule has 0 saturated carbocycles. The average molecular weight is 1080 g/mol. The van der Waals surface area contributed by atoms with Crippen molar-refractivity contribution in [3.63, 3.8) is 0 Å². The Labute approximate surface area is 466 Å². The number of aromatic nitrogens is 4. The highest BCUT2D eigenvalue weighted by molar-refractivity contribution is 7.26. The molecule has 81 heavy (non-hydrogen) atoms. The van der Waals surface area contributed by atoms with Gasteiger partial charge in [0.05, 0.1) is 114 Å². The van der Waals surface area contributed by atoms with Gasteiger partial charge in [0.1, 0.15) is 57.8 Å². The Balaban J connectivity index is 1.28. The third kappa shape index (κ3) is 6.61. The van der Waals surface area contributed by atoms with Gasteiger partial charge in [-0.05, 0) is 121 Å². The highest BCUT2D eigenvalue weighted by Gasteiger charge is 2.35. The van der Waals surface area contributed by atoms with Crippen LogP contribution in [0.3, 0.4) is 0 Å². The molecule has 0 fully saturated rings. The van der Waals surface area contributed by atoms with E-state index in [9.17, 15) is 10.5 Å². The van der Waals surface area contributed by atoms with Crippen molar-refractivity contribution in [2.75, 3.05) is 42.7 Å². The quantitative estimate of drug-likeness (QED) is 0.133. The van der Waals surface area contributed by atoms with Gasteiger partial charge in [0, 0.05) is 58.6 Å². The van der Waals surface area contributed by atoms with E-state index in [1.54, 1.807) is 54.0 Å². The molecule has 10 aromatic carbocycles. The number of benzene rings is 10. The van der Waals surface area contributed by atoms with Gasteiger partial charge in [-0.1, -0.05) is 48.5 Å². The van der Waals surface area contributed by atoms with Crippen molar-refractivity contribution in [2.24, 2.45) is 0 Å². The SMILES string of the molecule is COc1ccc2c(c1)c1cc(OC)ccc1n2-c1c(C#N)c(-n2c3ccc(OC)cc3c3cc(OC)ccc32)c(-n2c3ccccc3c3ccc4c5ccccc5sc4c32)c(C#N)c1-n1c2ccc(OC)cc2c2cc(OC)ccc21. The van der Waals surface area contributed by atoms with Crippen LogP contribution in [-0.2, 0) is 0 Å². The summed E-state index contributed by atoms with van der Waals surface area (Å²) in [5.74, 6) is 3.93. The zero-order valence-electron chi connectivity index (χ0n) is 44.7. The van der Waals surface area contributed by atoms with Gasteiger partial charge >= 0.3 is 0 Å². The minimum Gasteiger partial charge on any atom is -0.497 e. The Kier molecular flexibility index (Phi) is 10.6. The third-order valence-electron chi connectivity index (χ3n) is 16.2. The van der Waals surface area contributed by atoms with Crippen molar-refractivity contribution in [1.82, 2.24) is 18.3 Å². The number of nitriles is 2. The smallest absolute Gasteiger partial charge is 0.119 e. The molecule has 5 heterocycles. The van der Waals surface area contributed by atoms with Crippen LogP contribution in [0.2, 0.25) is 0 Å². The van der Waals surface area contributed by atoms with Crippen LogP contribution in [0.25, 0.3) is 130 Å². The molecule has 0 saturated heterocycles. The summed E-state index contributed by atoms with van der Waals surface area (Å²) in [6.45, 7) is 0. The van der Waals surface area contributed by atoms with Crippen LogP contribution >= 0.6 is 11.3 Å². The Morgan fingerprint density at radius 2 is 0.617 bits per heavy atom. The summed E-state index contributed by atoms with van der Waals surface area (Å²) >= 11 is 1.72. The first-order valence-electron chi connectivity index (χ1n) is 26.2. The largest absolute Gasteiger partial charge is 0.497 e. The summed E-state index contributed by atoms with van der Waals surface area (Å²) in [7, 11) is 9.94. The molecule has 5 aromatic heterocycles. The highest BCUT2D eigenvalue weighted by Crippen LogP contribution is 2.51. The number of para-hydroxylation sites is 1. The molecule has 0 spiro atoms. The first kappa shape index (κ1) is 47.6. The lowest BCUT2D eigenvalue weighted by atomic mass is 9.98. The second-order valence-electron chi connectivity index (χ2n) is 20.0. The van der Waals surface area contributed by atoms with Gasteiger partial charge in [-0.15, -0.1) is 11.3 Å². The van der Waals surface area contributed by atoms with Crippen molar-refractivity contribution in [1.29, 1.82) is 10.5 Å². The van der Waals surface area contributed by atoms with E-state index in [4.69, 9.17) is 28.4 Å². The summed E-state index contributed by atoms with van der Waals surface area (Å²) in [5.41, 5.74) is 8.95. The Bertz CT molecular complexity index is 5130. The first-order chi connectivity index (χ1) is 39.8. The Morgan fingerprint density at radius 3 is 0.975 bits per heavy atom. The minimum atomic E-state index is 0.293. The van der Waals surface area contributed by atoms with Crippen LogP contribution in [0.5, 0.6) is 34.5 Å². The van der Waals surface area contributed by atoms with E-state index in [-0.39, 0.29) is 0 Å². The van der Waals surface area contributed by atoms with Crippen molar-refractivity contribution in [2.45, 2.75) is 0 Å². The van der Waals surface area contributed by atoms with Crippen molar-refractivity contribution in [3.8, 4) is 69.4 Å². The monoisotopic (exact) mass is 1070 g/mol. The number of ether oxygens (including phenoxy) is 6. The number of thiophene rings is 1. The molecule has 0 N–H and O–H groups in total. The predicted molar refractivity (Wildman–Crippen MR) is 325 cm³/mol. The number of nitrogens with zero attached hydrogens (tertiary/aromatic N) is 6. The summed E-state index contributed by atoms with van der Waals surface area (Å²) in [6.07, 6.45) is 0. The molecule has 0 aliphatic rings. The molecule has 0 atom stereocenters. The molecule has 12 nitrogen and oxygen atoms in total. The maximum absolute atomic E-state index is 12.9. The van der Waals surface area contributed by atoms with E-state index in [1.807, 2.05) is 115 Å². The molecule has 15 aromatic rings. The molecular weight excluding hydrogens is 1030 g/mol. The Morgan fingerprint density at radius 1 is 0.309 bits per heavy atom. The van der Waals surface area contributed by atoms with E-state index in [2.05, 4.69) is 85.0 Å². The number of rotatable bonds is 10. The number of fused-ring (bicyclic) bond motifs is 16. The van der Waals surface area contributed by atoms with E-state index in [0.717, 1.165) is 107 Å². The average Bonchev–Trinajstić information content (AvgIpc) is 4.51. The summed E-state index contributed by atoms with van der Waals surface area (Å²) in [6, 6.07) is 63.0. The van der Waals surface area contributed by atoms with Crippen molar-refractivity contribution in [3.05, 3.63) is 181 Å². The van der Waals surface area contributed by atoms with Crippen LogP contribution in [-0.4, -0.2) is 60.9 Å². The van der Waals surface area contributed by atoms with E-state index >= 15 is 0 Å². The Hall–Kier alpha value is -10.6. The van der Waals surface area contributed by atoms with Crippen molar-refractivity contribution >= 4 is 119 Å². The normalized spacial score (nSPS) is 11.8. The maximum atomic E-state index is 12.9. The fraction of sp³-hybridized carbons (Fsp3) is 0.0882. The van der Waals surface area contributed by atoms with Crippen molar-refractivity contribution < 1.29 is 28.4 Å². The minimum absolute atomic E-state index is 0.293. The van der Waals surface area contributed by atoms with Crippen LogP contribution in [0.1, 0.15) is 11.1 Å². The summed E-state index contributed by atoms with van der Waals surface area (Å²) in [4.78, 5) is 0. The molecule has 0 bridgehead atoms. The third-order valence-corrected chi connectivity index (χ3v) is 17.4. The van der Waals surface area contributed by atoms with Gasteiger partial charge in [0.25, 0.3) is 0 Å². The van der Waals surface area contributed by atoms with Gasteiger partial charge < -0.3 is 46.7 Å². The zero-order chi connectivity index (χ0) is 54.9. The van der Waals surface area contributed by atoms with Gasteiger partial charge in [-0.2, -0.15) is 10.5 Å². The van der Waals surface area contributed by atoms with Gasteiger partial charge in [-0.25, -0.2) is 0 Å². The lowest BCUT2D eigenvalue weighted by molar-refractivity contribution is 0.415. The molecule has 0 amide bonds. The van der Waals surface area contributed by atoms with Crippen LogP contribution < -0.4 is 28.4 Å². The predicted octanol–water partition coefficient (Wildman–Crippen LogP) is 16.2. The van der Waals surface area contributed by atoms with E-state index < -0.39 is 0 Å². The second-order valence-corrected chi connectivity index (χ2v) is 21.0. The number of hydrogen-bond donors (Lipinski definition) is 0. The maximum Gasteiger partial charge on any atom is 0.119 e. The molecule has 0 radical (unpaired) electrons. The van der Waals surface area contributed by atoms with E-state index in [1.165, 1.54) is 0 Å². The summed E-state index contributed by atoms with van der Waals surface area (Å²) in [5, 5.41) is 35.2. The molecular formula is C68H46N6O6S.